The van der Waals surface area contributed by atoms with E-state index in [0.717, 1.165) is 22.1 Å². The van der Waals surface area contributed by atoms with Crippen molar-refractivity contribution in [1.29, 1.82) is 0 Å². The van der Waals surface area contributed by atoms with Crippen molar-refractivity contribution in [3.8, 4) is 17.4 Å². The zero-order chi connectivity index (χ0) is 27.0. The third kappa shape index (κ3) is 4.75. The first kappa shape index (κ1) is 25.5. The maximum atomic E-state index is 13.1. The molecule has 0 spiro atoms. The summed E-state index contributed by atoms with van der Waals surface area (Å²) in [6.45, 7) is -0.337. The first-order chi connectivity index (χ1) is 18.2. The molecule has 10 nitrogen and oxygen atoms in total. The Bertz CT molecular complexity index is 1380. The van der Waals surface area contributed by atoms with E-state index in [1.807, 2.05) is 0 Å². The van der Waals surface area contributed by atoms with Gasteiger partial charge in [-0.2, -0.15) is 13.2 Å². The number of carbonyl (C=O) groups excluding carboxylic acids is 2. The van der Waals surface area contributed by atoms with E-state index in [2.05, 4.69) is 15.0 Å². The van der Waals surface area contributed by atoms with Crippen LogP contribution in [0.5, 0.6) is 17.4 Å². The van der Waals surface area contributed by atoms with Crippen LogP contribution in [-0.2, 0) is 11.0 Å². The Hall–Kier alpha value is -4.16. The van der Waals surface area contributed by atoms with Crippen molar-refractivity contribution in [2.45, 2.75) is 44.0 Å². The first-order valence-electron chi connectivity index (χ1n) is 11.9. The van der Waals surface area contributed by atoms with Crippen LogP contribution in [0.4, 0.5) is 23.7 Å². The summed E-state index contributed by atoms with van der Waals surface area (Å²) in [6, 6.07) is 3.26. The average Bonchev–Trinajstić information content (AvgIpc) is 3.21. The van der Waals surface area contributed by atoms with E-state index in [-0.39, 0.29) is 24.4 Å². The predicted octanol–water partition coefficient (Wildman–Crippen LogP) is 4.22. The highest BCUT2D eigenvalue weighted by atomic mass is 19.4. The summed E-state index contributed by atoms with van der Waals surface area (Å²) in [5.74, 6) is 0.963. The summed E-state index contributed by atoms with van der Waals surface area (Å²) in [4.78, 5) is 40.1. The van der Waals surface area contributed by atoms with Crippen LogP contribution in [-0.4, -0.2) is 64.7 Å². The minimum atomic E-state index is -4.61. The van der Waals surface area contributed by atoms with Gasteiger partial charge in [0.2, 0.25) is 5.88 Å². The number of ether oxygens (including phenoxy) is 3. The van der Waals surface area contributed by atoms with Crippen molar-refractivity contribution in [2.24, 2.45) is 0 Å². The van der Waals surface area contributed by atoms with Gasteiger partial charge in [-0.1, -0.05) is 0 Å². The molecule has 200 valence electrons. The summed E-state index contributed by atoms with van der Waals surface area (Å²) in [6.07, 6.45) is 0.456. The zero-order valence-corrected chi connectivity index (χ0v) is 20.6. The van der Waals surface area contributed by atoms with Crippen LogP contribution >= 0.6 is 0 Å². The number of anilines is 1. The Morgan fingerprint density at radius 2 is 1.66 bits per heavy atom. The van der Waals surface area contributed by atoms with Crippen LogP contribution in [0.3, 0.4) is 0 Å². The van der Waals surface area contributed by atoms with Gasteiger partial charge in [-0.3, -0.25) is 19.6 Å². The highest BCUT2D eigenvalue weighted by Gasteiger charge is 2.43. The van der Waals surface area contributed by atoms with Gasteiger partial charge in [0.15, 0.2) is 11.5 Å². The van der Waals surface area contributed by atoms with E-state index < -0.39 is 23.7 Å². The molecule has 5 rings (SSSR count). The van der Waals surface area contributed by atoms with Crippen molar-refractivity contribution < 1.29 is 37.0 Å². The van der Waals surface area contributed by atoms with Gasteiger partial charge in [0.05, 0.1) is 42.6 Å². The summed E-state index contributed by atoms with van der Waals surface area (Å²) in [7, 11) is 3.06. The number of nitrogens with zero attached hydrogens (tertiary/aromatic N) is 5. The molecule has 0 atom stereocenters. The second-order valence-corrected chi connectivity index (χ2v) is 9.01. The van der Waals surface area contributed by atoms with Crippen LogP contribution in [0.2, 0.25) is 0 Å². The number of fused-ring (bicyclic) bond motifs is 1. The number of alkyl halides is 3. The normalized spacial score (nSPS) is 20.2. The molecular formula is C25H24F3N5O5. The lowest BCUT2D eigenvalue weighted by Crippen LogP contribution is -2.44. The second-order valence-electron chi connectivity index (χ2n) is 9.01. The third-order valence-corrected chi connectivity index (χ3v) is 6.75. The lowest BCUT2D eigenvalue weighted by molar-refractivity contribution is -0.137. The molecule has 13 heteroatoms. The fourth-order valence-electron chi connectivity index (χ4n) is 4.84. The fourth-order valence-corrected chi connectivity index (χ4v) is 4.84. The predicted molar refractivity (Wildman–Crippen MR) is 128 cm³/mol. The molecule has 0 N–H and O–H groups in total. The average molecular weight is 531 g/mol. The molecule has 0 bridgehead atoms. The maximum absolute atomic E-state index is 13.1. The molecule has 0 unspecified atom stereocenters. The Labute approximate surface area is 215 Å². The molecule has 1 aliphatic carbocycles. The van der Waals surface area contributed by atoms with Gasteiger partial charge in [0.25, 0.3) is 5.91 Å². The first-order valence-corrected chi connectivity index (χ1v) is 11.9. The highest BCUT2D eigenvalue weighted by Crippen LogP contribution is 2.37. The van der Waals surface area contributed by atoms with Gasteiger partial charge >= 0.3 is 12.2 Å². The summed E-state index contributed by atoms with van der Waals surface area (Å²) < 4.78 is 56.2. The van der Waals surface area contributed by atoms with E-state index >= 15 is 0 Å². The molecule has 1 saturated heterocycles. The fraction of sp³-hybridized carbons (Fsp3) is 0.400. The van der Waals surface area contributed by atoms with Crippen LogP contribution in [0.1, 0.15) is 31.2 Å². The molecular weight excluding hydrogens is 507 g/mol. The van der Waals surface area contributed by atoms with E-state index in [1.165, 1.54) is 20.5 Å². The number of methoxy groups -OCH3 is 2. The monoisotopic (exact) mass is 531 g/mol. The molecule has 38 heavy (non-hydrogen) atoms. The van der Waals surface area contributed by atoms with Gasteiger partial charge in [-0.15, -0.1) is 0 Å². The van der Waals surface area contributed by atoms with Gasteiger partial charge in [-0.25, -0.2) is 14.8 Å². The summed E-state index contributed by atoms with van der Waals surface area (Å²) in [5.41, 5.74) is -0.432. The van der Waals surface area contributed by atoms with E-state index in [1.54, 1.807) is 12.1 Å². The topological polar surface area (TPSA) is 107 Å². The molecule has 3 amide bonds. The highest BCUT2D eigenvalue weighted by molar-refractivity contribution is 6.12. The van der Waals surface area contributed by atoms with Crippen LogP contribution < -0.4 is 19.1 Å². The molecule has 0 radical (unpaired) electrons. The molecule has 1 aromatic carbocycles. The van der Waals surface area contributed by atoms with Crippen molar-refractivity contribution in [3.63, 3.8) is 0 Å². The molecule has 2 fully saturated rings. The molecule has 1 saturated carbocycles. The van der Waals surface area contributed by atoms with E-state index in [0.29, 0.717) is 60.2 Å². The number of imide groups is 1. The number of urea groups is 1. The minimum Gasteiger partial charge on any atom is -0.493 e. The number of hydrogen-bond donors (Lipinski definition) is 0. The van der Waals surface area contributed by atoms with Crippen LogP contribution in [0.15, 0.2) is 36.9 Å². The Kier molecular flexibility index (Phi) is 6.67. The number of halogens is 3. The Morgan fingerprint density at radius 1 is 0.947 bits per heavy atom. The second kappa shape index (κ2) is 9.95. The van der Waals surface area contributed by atoms with Crippen LogP contribution in [0, 0.1) is 0 Å². The minimum absolute atomic E-state index is 0.0691. The largest absolute Gasteiger partial charge is 0.493 e. The lowest BCUT2D eigenvalue weighted by atomic mass is 9.92. The van der Waals surface area contributed by atoms with Gasteiger partial charge in [0, 0.05) is 18.3 Å². The molecule has 3 aromatic rings. The standard InChI is InChI=1S/C25H24F3N5O5/c1-36-20-8-18-19(9-21(20)37-2)30-13-31-23(18)38-17-5-3-15(4-6-17)33-22(34)12-32(24(33)35)16-7-14(10-29-11-16)25(26,27)28/h7-11,13,15,17H,3-6,12H2,1-2H3. The number of carbonyl (C=O) groups is 2. The summed E-state index contributed by atoms with van der Waals surface area (Å²) >= 11 is 0. The number of amides is 3. The SMILES string of the molecule is COc1cc2ncnc(OC3CCC(N4C(=O)CN(c5cncc(C(F)(F)F)c5)C4=O)CC3)c2cc1OC. The molecule has 2 aliphatic rings. The quantitative estimate of drug-likeness (QED) is 0.436. The Morgan fingerprint density at radius 3 is 2.34 bits per heavy atom. The summed E-state index contributed by atoms with van der Waals surface area (Å²) in [5, 5.41) is 0.655. The molecule has 2 aromatic heterocycles. The van der Waals surface area contributed by atoms with E-state index in [4.69, 9.17) is 14.2 Å². The maximum Gasteiger partial charge on any atom is 0.417 e. The Balaban J connectivity index is 1.27. The number of aromatic nitrogens is 3. The number of benzene rings is 1. The molecule has 1 aliphatic heterocycles. The van der Waals surface area contributed by atoms with Gasteiger partial charge in [-0.05, 0) is 37.8 Å². The van der Waals surface area contributed by atoms with Crippen molar-refractivity contribution in [2.75, 3.05) is 25.7 Å². The van der Waals surface area contributed by atoms with Crippen molar-refractivity contribution in [3.05, 3.63) is 42.5 Å². The third-order valence-electron chi connectivity index (χ3n) is 6.75. The number of rotatable bonds is 6. The van der Waals surface area contributed by atoms with Crippen molar-refractivity contribution in [1.82, 2.24) is 19.9 Å². The van der Waals surface area contributed by atoms with Crippen LogP contribution in [0.25, 0.3) is 10.9 Å². The van der Waals surface area contributed by atoms with Gasteiger partial charge < -0.3 is 14.2 Å². The number of hydrogen-bond acceptors (Lipinski definition) is 8. The number of pyridine rings is 1. The molecule has 3 heterocycles. The van der Waals surface area contributed by atoms with E-state index in [9.17, 15) is 22.8 Å². The van der Waals surface area contributed by atoms with Gasteiger partial charge in [0.1, 0.15) is 19.0 Å². The zero-order valence-electron chi connectivity index (χ0n) is 20.6. The van der Waals surface area contributed by atoms with Crippen molar-refractivity contribution >= 4 is 28.5 Å². The smallest absolute Gasteiger partial charge is 0.417 e. The lowest BCUT2D eigenvalue weighted by Gasteiger charge is -2.33.